The van der Waals surface area contributed by atoms with E-state index in [-0.39, 0.29) is 6.10 Å². The van der Waals surface area contributed by atoms with Crippen molar-refractivity contribution in [2.24, 2.45) is 5.92 Å². The largest absolute Gasteiger partial charge is 0.377 e. The monoisotopic (exact) mass is 267 g/mol. The van der Waals surface area contributed by atoms with Gasteiger partial charge < -0.3 is 14.6 Å². The highest BCUT2D eigenvalue weighted by Gasteiger charge is 2.25. The zero-order chi connectivity index (χ0) is 14.3. The van der Waals surface area contributed by atoms with Crippen LogP contribution in [0.5, 0.6) is 0 Å². The van der Waals surface area contributed by atoms with E-state index in [0.29, 0.717) is 12.0 Å². The molecule has 0 fully saturated rings. The summed E-state index contributed by atoms with van der Waals surface area (Å²) < 4.78 is 8.15. The molecule has 0 aliphatic heterocycles. The van der Waals surface area contributed by atoms with Crippen molar-refractivity contribution in [2.75, 3.05) is 13.7 Å². The van der Waals surface area contributed by atoms with Crippen LogP contribution in [0.2, 0.25) is 0 Å². The van der Waals surface area contributed by atoms with Crippen LogP contribution in [0.4, 0.5) is 0 Å². The summed E-state index contributed by atoms with van der Waals surface area (Å²) in [6, 6.07) is 0.304. The van der Waals surface area contributed by atoms with Gasteiger partial charge in [-0.1, -0.05) is 20.8 Å². The molecule has 0 aliphatic rings. The standard InChI is InChI=1S/C15H29N3O/c1-6-9-18-10-8-17-14(18)11-13(16-5)15(12(3)4)19-7-2/h8,10,12-13,15-16H,6-7,9,11H2,1-5H3. The number of aromatic nitrogens is 2. The van der Waals surface area contributed by atoms with Gasteiger partial charge >= 0.3 is 0 Å². The Labute approximate surface area is 117 Å². The van der Waals surface area contributed by atoms with E-state index in [0.717, 1.165) is 31.8 Å². The molecule has 0 bridgehead atoms. The molecule has 0 aromatic carbocycles. The summed E-state index contributed by atoms with van der Waals surface area (Å²) in [7, 11) is 2.01. The second kappa shape index (κ2) is 8.33. The normalized spacial score (nSPS) is 14.8. The van der Waals surface area contributed by atoms with Crippen molar-refractivity contribution in [3.8, 4) is 0 Å². The first-order valence-electron chi connectivity index (χ1n) is 7.42. The second-order valence-electron chi connectivity index (χ2n) is 5.30. The van der Waals surface area contributed by atoms with Gasteiger partial charge in [0.25, 0.3) is 0 Å². The Kier molecular flexibility index (Phi) is 7.10. The lowest BCUT2D eigenvalue weighted by Crippen LogP contribution is -2.44. The molecule has 2 atom stereocenters. The van der Waals surface area contributed by atoms with Crippen LogP contribution in [0.15, 0.2) is 12.4 Å². The number of likely N-dealkylation sites (N-methyl/N-ethyl adjacent to an activating group) is 1. The summed E-state index contributed by atoms with van der Waals surface area (Å²) in [5.74, 6) is 1.64. The Bertz CT molecular complexity index is 349. The highest BCUT2D eigenvalue weighted by Crippen LogP contribution is 2.15. The molecule has 0 amide bonds. The predicted octanol–water partition coefficient (Wildman–Crippen LogP) is 2.48. The van der Waals surface area contributed by atoms with Crippen molar-refractivity contribution < 1.29 is 4.74 Å². The Morgan fingerprint density at radius 1 is 1.37 bits per heavy atom. The zero-order valence-corrected chi connectivity index (χ0v) is 13.0. The number of nitrogens with one attached hydrogen (secondary N) is 1. The Morgan fingerprint density at radius 2 is 2.11 bits per heavy atom. The maximum absolute atomic E-state index is 5.91. The Balaban J connectivity index is 2.76. The lowest BCUT2D eigenvalue weighted by Gasteiger charge is -2.29. The van der Waals surface area contributed by atoms with Gasteiger partial charge in [0.05, 0.1) is 6.10 Å². The summed E-state index contributed by atoms with van der Waals surface area (Å²) in [6.07, 6.45) is 6.22. The fourth-order valence-corrected chi connectivity index (χ4v) is 2.52. The van der Waals surface area contributed by atoms with E-state index in [1.165, 1.54) is 0 Å². The van der Waals surface area contributed by atoms with E-state index in [1.807, 2.05) is 13.2 Å². The summed E-state index contributed by atoms with van der Waals surface area (Å²) in [4.78, 5) is 4.49. The van der Waals surface area contributed by atoms with Crippen molar-refractivity contribution in [2.45, 2.75) is 59.2 Å². The van der Waals surface area contributed by atoms with Crippen LogP contribution in [-0.4, -0.2) is 35.4 Å². The minimum Gasteiger partial charge on any atom is -0.377 e. The molecule has 4 heteroatoms. The lowest BCUT2D eigenvalue weighted by atomic mass is 9.96. The topological polar surface area (TPSA) is 39.1 Å². The van der Waals surface area contributed by atoms with Crippen molar-refractivity contribution in [3.63, 3.8) is 0 Å². The molecule has 0 saturated heterocycles. The highest BCUT2D eigenvalue weighted by atomic mass is 16.5. The van der Waals surface area contributed by atoms with Crippen LogP contribution in [0.3, 0.4) is 0 Å². The maximum Gasteiger partial charge on any atom is 0.110 e. The van der Waals surface area contributed by atoms with E-state index in [1.54, 1.807) is 0 Å². The van der Waals surface area contributed by atoms with Crippen LogP contribution in [0.1, 0.15) is 39.9 Å². The minimum atomic E-state index is 0.224. The van der Waals surface area contributed by atoms with Crippen molar-refractivity contribution in [1.82, 2.24) is 14.9 Å². The van der Waals surface area contributed by atoms with E-state index in [9.17, 15) is 0 Å². The van der Waals surface area contributed by atoms with Crippen molar-refractivity contribution in [3.05, 3.63) is 18.2 Å². The third-order valence-corrected chi connectivity index (χ3v) is 3.45. The van der Waals surface area contributed by atoms with Gasteiger partial charge in [-0.15, -0.1) is 0 Å². The van der Waals surface area contributed by atoms with E-state index < -0.39 is 0 Å². The van der Waals surface area contributed by atoms with Gasteiger partial charge in [-0.2, -0.15) is 0 Å². The van der Waals surface area contributed by atoms with Gasteiger partial charge in [0.1, 0.15) is 5.82 Å². The predicted molar refractivity (Wildman–Crippen MR) is 79.3 cm³/mol. The third kappa shape index (κ3) is 4.62. The van der Waals surface area contributed by atoms with Crippen LogP contribution in [0, 0.1) is 5.92 Å². The molecule has 1 aromatic heterocycles. The number of aryl methyl sites for hydroxylation is 1. The molecule has 0 aliphatic carbocycles. The van der Waals surface area contributed by atoms with Crippen LogP contribution >= 0.6 is 0 Å². The van der Waals surface area contributed by atoms with Gasteiger partial charge in [0, 0.05) is 38.0 Å². The molecule has 4 nitrogen and oxygen atoms in total. The average Bonchev–Trinajstić information content (AvgIpc) is 2.81. The minimum absolute atomic E-state index is 0.224. The van der Waals surface area contributed by atoms with Crippen molar-refractivity contribution in [1.29, 1.82) is 0 Å². The number of rotatable bonds is 9. The molecule has 0 saturated carbocycles. The molecular formula is C15H29N3O. The van der Waals surface area contributed by atoms with Gasteiger partial charge in [-0.3, -0.25) is 0 Å². The van der Waals surface area contributed by atoms with Gasteiger partial charge in [0.2, 0.25) is 0 Å². The van der Waals surface area contributed by atoms with E-state index >= 15 is 0 Å². The van der Waals surface area contributed by atoms with Gasteiger partial charge in [0.15, 0.2) is 0 Å². The first-order valence-corrected chi connectivity index (χ1v) is 7.42. The Hall–Kier alpha value is -0.870. The highest BCUT2D eigenvalue weighted by molar-refractivity contribution is 4.97. The number of hydrogen-bond donors (Lipinski definition) is 1. The molecule has 19 heavy (non-hydrogen) atoms. The van der Waals surface area contributed by atoms with E-state index in [4.69, 9.17) is 4.74 Å². The molecule has 0 spiro atoms. The molecule has 2 unspecified atom stereocenters. The van der Waals surface area contributed by atoms with Gasteiger partial charge in [-0.25, -0.2) is 4.98 Å². The first kappa shape index (κ1) is 16.2. The number of ether oxygens (including phenoxy) is 1. The molecular weight excluding hydrogens is 238 g/mol. The smallest absolute Gasteiger partial charge is 0.110 e. The lowest BCUT2D eigenvalue weighted by molar-refractivity contribution is 0.00474. The third-order valence-electron chi connectivity index (χ3n) is 3.45. The average molecular weight is 267 g/mol. The Morgan fingerprint density at radius 3 is 2.63 bits per heavy atom. The zero-order valence-electron chi connectivity index (χ0n) is 13.0. The molecule has 1 rings (SSSR count). The molecule has 1 heterocycles. The molecule has 0 radical (unpaired) electrons. The van der Waals surface area contributed by atoms with Crippen LogP contribution < -0.4 is 5.32 Å². The number of hydrogen-bond acceptors (Lipinski definition) is 3. The first-order chi connectivity index (χ1) is 9.13. The molecule has 110 valence electrons. The summed E-state index contributed by atoms with van der Waals surface area (Å²) >= 11 is 0. The summed E-state index contributed by atoms with van der Waals surface area (Å²) in [5.41, 5.74) is 0. The van der Waals surface area contributed by atoms with Crippen LogP contribution in [-0.2, 0) is 17.7 Å². The SMILES string of the molecule is CCCn1ccnc1CC(NC)C(OCC)C(C)C. The summed E-state index contributed by atoms with van der Waals surface area (Å²) in [5, 5.41) is 3.40. The van der Waals surface area contributed by atoms with E-state index in [2.05, 4.69) is 48.8 Å². The fraction of sp³-hybridized carbons (Fsp3) is 0.800. The second-order valence-corrected chi connectivity index (χ2v) is 5.30. The number of nitrogens with zero attached hydrogens (tertiary/aromatic N) is 2. The number of imidazole rings is 1. The fourth-order valence-electron chi connectivity index (χ4n) is 2.52. The van der Waals surface area contributed by atoms with Crippen LogP contribution in [0.25, 0.3) is 0 Å². The van der Waals surface area contributed by atoms with Crippen molar-refractivity contribution >= 4 is 0 Å². The molecule has 1 N–H and O–H groups in total. The van der Waals surface area contributed by atoms with Gasteiger partial charge in [-0.05, 0) is 26.3 Å². The summed E-state index contributed by atoms with van der Waals surface area (Å²) in [6.45, 7) is 10.5. The quantitative estimate of drug-likeness (QED) is 0.747. The maximum atomic E-state index is 5.91. The molecule has 1 aromatic rings.